The van der Waals surface area contributed by atoms with Gasteiger partial charge in [0.2, 0.25) is 0 Å². The lowest BCUT2D eigenvalue weighted by Crippen LogP contribution is -2.34. The molecule has 0 saturated carbocycles. The Morgan fingerprint density at radius 2 is 1.93 bits per heavy atom. The first-order valence-electron chi connectivity index (χ1n) is 9.25. The molecule has 0 fully saturated rings. The smallest absolute Gasteiger partial charge is 0.277 e. The molecule has 2 amide bonds. The number of imide groups is 1. The number of nitrogens with one attached hydrogen (secondary N) is 1. The van der Waals surface area contributed by atoms with Crippen LogP contribution in [0.3, 0.4) is 0 Å². The summed E-state index contributed by atoms with van der Waals surface area (Å²) in [5.74, 6) is -0.0907. The largest absolute Gasteiger partial charge is 0.497 e. The zero-order chi connectivity index (χ0) is 21.1. The summed E-state index contributed by atoms with van der Waals surface area (Å²) in [5, 5.41) is 14.8. The van der Waals surface area contributed by atoms with Crippen LogP contribution in [0.1, 0.15) is 0 Å². The fourth-order valence-corrected chi connectivity index (χ4v) is 3.92. The van der Waals surface area contributed by atoms with E-state index < -0.39 is 11.8 Å². The number of hydrogen-bond acceptors (Lipinski definition) is 7. The zero-order valence-electron chi connectivity index (χ0n) is 16.2. The van der Waals surface area contributed by atoms with Gasteiger partial charge in [0.1, 0.15) is 16.5 Å². The first-order valence-corrected chi connectivity index (χ1v) is 10.1. The van der Waals surface area contributed by atoms with Crippen molar-refractivity contribution in [1.29, 1.82) is 0 Å². The van der Waals surface area contributed by atoms with Crippen molar-refractivity contribution in [3.05, 3.63) is 65.7 Å². The Bertz CT molecular complexity index is 1120. The highest BCUT2D eigenvalue weighted by Gasteiger charge is 2.30. The third-order valence-electron chi connectivity index (χ3n) is 4.61. The molecule has 2 heterocycles. The van der Waals surface area contributed by atoms with E-state index in [1.807, 2.05) is 53.9 Å². The second-order valence-electron chi connectivity index (χ2n) is 6.55. The number of ether oxygens (including phenoxy) is 1. The molecule has 30 heavy (non-hydrogen) atoms. The minimum Gasteiger partial charge on any atom is -0.497 e. The van der Waals surface area contributed by atoms with E-state index in [4.69, 9.17) is 14.8 Å². The van der Waals surface area contributed by atoms with E-state index in [-0.39, 0.29) is 18.8 Å². The Morgan fingerprint density at radius 3 is 2.67 bits per heavy atom. The molecule has 0 saturated heterocycles. The maximum atomic E-state index is 12.3. The van der Waals surface area contributed by atoms with Crippen LogP contribution in [0.15, 0.2) is 65.7 Å². The van der Waals surface area contributed by atoms with Crippen LogP contribution in [0.5, 0.6) is 5.75 Å². The van der Waals surface area contributed by atoms with E-state index in [1.165, 1.54) is 17.4 Å². The minimum absolute atomic E-state index is 0.0212. The molecule has 0 unspecified atom stereocenters. The van der Waals surface area contributed by atoms with Crippen LogP contribution in [0.25, 0.3) is 21.8 Å². The Morgan fingerprint density at radius 1 is 1.13 bits per heavy atom. The fraction of sp³-hybridized carbons (Fsp3) is 0.136. The molecular weight excluding hydrogens is 402 g/mol. The van der Waals surface area contributed by atoms with Gasteiger partial charge in [0.05, 0.1) is 26.0 Å². The number of anilines is 1. The number of aromatic nitrogens is 1. The monoisotopic (exact) mass is 421 g/mol. The summed E-state index contributed by atoms with van der Waals surface area (Å²) in [6.07, 6.45) is 1.25. The molecule has 1 aromatic heterocycles. The van der Waals surface area contributed by atoms with Crippen molar-refractivity contribution in [1.82, 2.24) is 9.88 Å². The highest BCUT2D eigenvalue weighted by Crippen LogP contribution is 2.31. The number of methoxy groups -OCH3 is 1. The summed E-state index contributed by atoms with van der Waals surface area (Å²) in [6.45, 7) is -0.290. The Kier molecular flexibility index (Phi) is 5.60. The van der Waals surface area contributed by atoms with E-state index in [0.717, 1.165) is 32.5 Å². The maximum Gasteiger partial charge on any atom is 0.277 e. The van der Waals surface area contributed by atoms with Crippen molar-refractivity contribution in [2.75, 3.05) is 25.6 Å². The molecule has 0 radical (unpaired) electrons. The van der Waals surface area contributed by atoms with Crippen molar-refractivity contribution in [2.45, 2.75) is 0 Å². The SMILES string of the molecule is COc1ccc(-c2csc(-c3cccc(NC4=CC(=O)N(CCO)C4=O)c3)n2)cc1. The second-order valence-corrected chi connectivity index (χ2v) is 7.41. The summed E-state index contributed by atoms with van der Waals surface area (Å²) in [5.41, 5.74) is 3.62. The van der Waals surface area contributed by atoms with Crippen LogP contribution in [-0.4, -0.2) is 47.1 Å². The topological polar surface area (TPSA) is 91.8 Å². The molecular formula is C22H19N3O4S. The third kappa shape index (κ3) is 3.96. The summed E-state index contributed by atoms with van der Waals surface area (Å²) >= 11 is 1.52. The van der Waals surface area contributed by atoms with Crippen molar-refractivity contribution in [3.8, 4) is 27.6 Å². The van der Waals surface area contributed by atoms with Gasteiger partial charge in [-0.05, 0) is 36.4 Å². The van der Waals surface area contributed by atoms with Crippen LogP contribution >= 0.6 is 11.3 Å². The molecule has 3 aromatic rings. The molecule has 7 nitrogen and oxygen atoms in total. The third-order valence-corrected chi connectivity index (χ3v) is 5.50. The lowest BCUT2D eigenvalue weighted by Gasteiger charge is -2.13. The number of rotatable bonds is 7. The predicted molar refractivity (Wildman–Crippen MR) is 115 cm³/mol. The second kappa shape index (κ2) is 8.48. The first-order chi connectivity index (χ1) is 14.6. The number of aliphatic hydroxyl groups excluding tert-OH is 1. The Hall–Kier alpha value is -3.49. The summed E-state index contributed by atoms with van der Waals surface area (Å²) in [6, 6.07) is 15.2. The Labute approximate surface area is 177 Å². The average molecular weight is 421 g/mol. The molecule has 1 aliphatic rings. The van der Waals surface area contributed by atoms with Crippen LogP contribution in [0.4, 0.5) is 5.69 Å². The number of carbonyl (C=O) groups is 2. The molecule has 0 spiro atoms. The Balaban J connectivity index is 1.53. The van der Waals surface area contributed by atoms with Crippen LogP contribution in [-0.2, 0) is 9.59 Å². The number of nitrogens with zero attached hydrogens (tertiary/aromatic N) is 2. The van der Waals surface area contributed by atoms with Crippen molar-refractivity contribution in [3.63, 3.8) is 0 Å². The van der Waals surface area contributed by atoms with Crippen molar-refractivity contribution < 1.29 is 19.4 Å². The van der Waals surface area contributed by atoms with Gasteiger partial charge in [-0.2, -0.15) is 0 Å². The highest BCUT2D eigenvalue weighted by molar-refractivity contribution is 7.13. The normalized spacial score (nSPS) is 13.5. The summed E-state index contributed by atoms with van der Waals surface area (Å²) in [4.78, 5) is 29.9. The van der Waals surface area contributed by atoms with E-state index in [9.17, 15) is 9.59 Å². The lowest BCUT2D eigenvalue weighted by atomic mass is 10.1. The van der Waals surface area contributed by atoms with Gasteiger partial charge in [0.15, 0.2) is 0 Å². The van der Waals surface area contributed by atoms with Gasteiger partial charge in [-0.1, -0.05) is 12.1 Å². The molecule has 4 rings (SSSR count). The number of amides is 2. The van der Waals surface area contributed by atoms with Crippen molar-refractivity contribution >= 4 is 28.8 Å². The van der Waals surface area contributed by atoms with E-state index in [0.29, 0.717) is 5.69 Å². The minimum atomic E-state index is -0.449. The molecule has 2 aromatic carbocycles. The lowest BCUT2D eigenvalue weighted by molar-refractivity contribution is -0.137. The number of β-amino-alcohol motifs (C(OH)–C–C–N with tert-alkyl or cyclic N) is 1. The number of benzene rings is 2. The van der Waals surface area contributed by atoms with Gasteiger partial charge in [0.25, 0.3) is 11.8 Å². The van der Waals surface area contributed by atoms with Crippen molar-refractivity contribution in [2.24, 2.45) is 0 Å². The van der Waals surface area contributed by atoms with Gasteiger partial charge in [-0.25, -0.2) is 4.98 Å². The molecule has 152 valence electrons. The van der Waals surface area contributed by atoms with Gasteiger partial charge in [0, 0.05) is 28.3 Å². The number of aliphatic hydroxyl groups is 1. The molecule has 0 aliphatic carbocycles. The van der Waals surface area contributed by atoms with E-state index in [1.54, 1.807) is 7.11 Å². The number of hydrogen-bond donors (Lipinski definition) is 2. The predicted octanol–water partition coefficient (Wildman–Crippen LogP) is 3.14. The van der Waals surface area contributed by atoms with Crippen LogP contribution in [0.2, 0.25) is 0 Å². The van der Waals surface area contributed by atoms with Gasteiger partial charge < -0.3 is 15.2 Å². The molecule has 0 atom stereocenters. The van der Waals surface area contributed by atoms with Crippen LogP contribution < -0.4 is 10.1 Å². The quantitative estimate of drug-likeness (QED) is 0.570. The molecule has 0 bridgehead atoms. The molecule has 8 heteroatoms. The average Bonchev–Trinajstić information content (AvgIpc) is 3.36. The van der Waals surface area contributed by atoms with E-state index in [2.05, 4.69) is 5.32 Å². The maximum absolute atomic E-state index is 12.3. The molecule has 2 N–H and O–H groups in total. The summed E-state index contributed by atoms with van der Waals surface area (Å²) in [7, 11) is 1.63. The van der Waals surface area contributed by atoms with Crippen LogP contribution in [0, 0.1) is 0 Å². The van der Waals surface area contributed by atoms with Gasteiger partial charge in [-0.15, -0.1) is 11.3 Å². The van der Waals surface area contributed by atoms with Gasteiger partial charge >= 0.3 is 0 Å². The van der Waals surface area contributed by atoms with E-state index >= 15 is 0 Å². The standard InChI is InChI=1S/C22H19N3O4S/c1-29-17-7-5-14(6-8-17)19-13-30-21(24-19)15-3-2-4-16(11-15)23-18-12-20(27)25(9-10-26)22(18)28/h2-8,11-13,23,26H,9-10H2,1H3. The summed E-state index contributed by atoms with van der Waals surface area (Å²) < 4.78 is 5.19. The highest BCUT2D eigenvalue weighted by atomic mass is 32.1. The number of thiazole rings is 1. The fourth-order valence-electron chi connectivity index (χ4n) is 3.10. The van der Waals surface area contributed by atoms with Gasteiger partial charge in [-0.3, -0.25) is 14.5 Å². The molecule has 1 aliphatic heterocycles. The number of carbonyl (C=O) groups excluding carboxylic acids is 2. The first kappa shape index (κ1) is 19.8. The zero-order valence-corrected chi connectivity index (χ0v) is 17.0.